The van der Waals surface area contributed by atoms with Crippen LogP contribution >= 0.6 is 23.4 Å². The summed E-state index contributed by atoms with van der Waals surface area (Å²) >= 11 is 7.79. The van der Waals surface area contributed by atoms with E-state index in [9.17, 15) is 10.2 Å². The Bertz CT molecular complexity index is 1450. The zero-order chi connectivity index (χ0) is 23.7. The van der Waals surface area contributed by atoms with Gasteiger partial charge in [-0.05, 0) is 43.3 Å². The largest absolute Gasteiger partial charge is 0.507 e. The third-order valence-corrected chi connectivity index (χ3v) is 6.29. The maximum absolute atomic E-state index is 10.4. The summed E-state index contributed by atoms with van der Waals surface area (Å²) in [6, 6.07) is 19.5. The molecule has 0 saturated carbocycles. The fraction of sp³-hybridized carbons (Fsp3) is 0.0833. The Morgan fingerprint density at radius 3 is 2.35 bits per heavy atom. The smallest absolute Gasteiger partial charge is 0.247 e. The summed E-state index contributed by atoms with van der Waals surface area (Å²) < 4.78 is 7.50. The fourth-order valence-corrected chi connectivity index (χ4v) is 4.39. The molecule has 10 heteroatoms. The zero-order valence-electron chi connectivity index (χ0n) is 17.9. The highest BCUT2D eigenvalue weighted by Crippen LogP contribution is 2.40. The SMILES string of the molecule is Cc1ccc(-c2nnc(CSc3nnc(-c4c(O)cccc4O)n3-c3ccccc3Cl)o2)cc1. The van der Waals surface area contributed by atoms with E-state index in [-0.39, 0.29) is 22.9 Å². The summed E-state index contributed by atoms with van der Waals surface area (Å²) in [6.45, 7) is 2.01. The number of rotatable bonds is 6. The normalized spacial score (nSPS) is 11.1. The molecule has 0 aliphatic carbocycles. The standard InChI is InChI=1S/C24H18ClN5O3S/c1-14-9-11-15(12-10-14)23-28-26-20(33-23)13-34-24-29-27-22(21-18(31)7-4-8-19(21)32)30(24)17-6-3-2-5-16(17)25/h2-12,31-32H,13H2,1H3. The Morgan fingerprint density at radius 2 is 1.62 bits per heavy atom. The van der Waals surface area contributed by atoms with Gasteiger partial charge < -0.3 is 14.6 Å². The monoisotopic (exact) mass is 491 g/mol. The highest BCUT2D eigenvalue weighted by atomic mass is 35.5. The van der Waals surface area contributed by atoms with Crippen LogP contribution in [0.25, 0.3) is 28.5 Å². The van der Waals surface area contributed by atoms with Crippen LogP contribution in [0.1, 0.15) is 11.5 Å². The van der Waals surface area contributed by atoms with Gasteiger partial charge in [-0.1, -0.05) is 59.3 Å². The topological polar surface area (TPSA) is 110 Å². The van der Waals surface area contributed by atoms with Crippen LogP contribution in [0, 0.1) is 6.92 Å². The molecule has 0 radical (unpaired) electrons. The van der Waals surface area contributed by atoms with Crippen molar-refractivity contribution in [3.63, 3.8) is 0 Å². The summed E-state index contributed by atoms with van der Waals surface area (Å²) in [5, 5.41) is 38.6. The third kappa shape index (κ3) is 4.23. The molecule has 2 heterocycles. The summed E-state index contributed by atoms with van der Waals surface area (Å²) in [5.74, 6) is 1.17. The second-order valence-corrected chi connectivity index (χ2v) is 8.77. The van der Waals surface area contributed by atoms with Gasteiger partial charge >= 0.3 is 0 Å². The van der Waals surface area contributed by atoms with Gasteiger partial charge in [-0.25, -0.2) is 0 Å². The van der Waals surface area contributed by atoms with E-state index >= 15 is 0 Å². The van der Waals surface area contributed by atoms with Crippen molar-refractivity contribution in [1.82, 2.24) is 25.0 Å². The van der Waals surface area contributed by atoms with E-state index in [2.05, 4.69) is 20.4 Å². The molecule has 2 aromatic heterocycles. The van der Waals surface area contributed by atoms with Crippen LogP contribution in [0.3, 0.4) is 0 Å². The number of aromatic nitrogens is 5. The third-order valence-electron chi connectivity index (χ3n) is 5.06. The lowest BCUT2D eigenvalue weighted by Gasteiger charge is -2.13. The average molecular weight is 492 g/mol. The van der Waals surface area contributed by atoms with Gasteiger partial charge in [0.15, 0.2) is 11.0 Å². The van der Waals surface area contributed by atoms with Gasteiger partial charge in [0.25, 0.3) is 0 Å². The minimum atomic E-state index is -0.128. The molecule has 0 spiro atoms. The number of nitrogens with zero attached hydrogens (tertiary/aromatic N) is 5. The molecule has 5 aromatic rings. The number of thioether (sulfide) groups is 1. The van der Waals surface area contributed by atoms with Crippen LogP contribution in [0.15, 0.2) is 76.3 Å². The summed E-state index contributed by atoms with van der Waals surface area (Å²) in [7, 11) is 0. The summed E-state index contributed by atoms with van der Waals surface area (Å²) in [6.07, 6.45) is 0. The molecular weight excluding hydrogens is 474 g/mol. The molecule has 8 nitrogen and oxygen atoms in total. The highest BCUT2D eigenvalue weighted by molar-refractivity contribution is 7.98. The fourth-order valence-electron chi connectivity index (χ4n) is 3.38. The Hall–Kier alpha value is -3.82. The van der Waals surface area contributed by atoms with E-state index < -0.39 is 0 Å². The van der Waals surface area contributed by atoms with E-state index in [0.717, 1.165) is 11.1 Å². The molecule has 0 aliphatic rings. The molecule has 0 fully saturated rings. The Labute approximate surface area is 203 Å². The number of aryl methyl sites for hydroxylation is 1. The van der Waals surface area contributed by atoms with E-state index in [1.165, 1.54) is 23.9 Å². The molecule has 0 aliphatic heterocycles. The number of halogens is 1. The molecule has 0 bridgehead atoms. The van der Waals surface area contributed by atoms with E-state index in [4.69, 9.17) is 16.0 Å². The Balaban J connectivity index is 1.50. The van der Waals surface area contributed by atoms with Crippen molar-refractivity contribution < 1.29 is 14.6 Å². The maximum atomic E-state index is 10.4. The van der Waals surface area contributed by atoms with Crippen LogP contribution in [0.4, 0.5) is 0 Å². The first-order valence-corrected chi connectivity index (χ1v) is 11.6. The van der Waals surface area contributed by atoms with Crippen molar-refractivity contribution in [2.75, 3.05) is 0 Å². The van der Waals surface area contributed by atoms with Gasteiger partial charge in [0.2, 0.25) is 11.8 Å². The van der Waals surface area contributed by atoms with Crippen molar-refractivity contribution >= 4 is 23.4 Å². The second kappa shape index (κ2) is 9.20. The maximum Gasteiger partial charge on any atom is 0.247 e. The number of hydrogen-bond donors (Lipinski definition) is 2. The van der Waals surface area contributed by atoms with Gasteiger partial charge in [-0.2, -0.15) is 0 Å². The number of para-hydroxylation sites is 1. The van der Waals surface area contributed by atoms with Crippen LogP contribution in [-0.4, -0.2) is 35.2 Å². The van der Waals surface area contributed by atoms with Crippen LogP contribution in [0.2, 0.25) is 5.02 Å². The first kappa shape index (κ1) is 22.0. The van der Waals surface area contributed by atoms with Gasteiger partial charge in [0.05, 0.1) is 16.5 Å². The van der Waals surface area contributed by atoms with E-state index in [0.29, 0.717) is 33.4 Å². The van der Waals surface area contributed by atoms with E-state index in [1.807, 2.05) is 43.3 Å². The average Bonchev–Trinajstić information content (AvgIpc) is 3.46. The number of hydrogen-bond acceptors (Lipinski definition) is 8. The summed E-state index contributed by atoms with van der Waals surface area (Å²) in [5.41, 5.74) is 2.73. The van der Waals surface area contributed by atoms with E-state index in [1.54, 1.807) is 22.8 Å². The zero-order valence-corrected chi connectivity index (χ0v) is 19.5. The van der Waals surface area contributed by atoms with Crippen molar-refractivity contribution in [1.29, 1.82) is 0 Å². The lowest BCUT2D eigenvalue weighted by Crippen LogP contribution is -2.01. The lowest BCUT2D eigenvalue weighted by molar-refractivity contribution is 0.453. The quantitative estimate of drug-likeness (QED) is 0.293. The first-order valence-electron chi connectivity index (χ1n) is 10.2. The highest BCUT2D eigenvalue weighted by Gasteiger charge is 2.23. The predicted molar refractivity (Wildman–Crippen MR) is 129 cm³/mol. The minimum absolute atomic E-state index is 0.128. The van der Waals surface area contributed by atoms with Crippen molar-refractivity contribution in [2.45, 2.75) is 17.8 Å². The number of aromatic hydroxyl groups is 2. The van der Waals surface area contributed by atoms with Gasteiger partial charge in [0, 0.05) is 5.56 Å². The van der Waals surface area contributed by atoms with Gasteiger partial charge in [0.1, 0.15) is 17.1 Å². The van der Waals surface area contributed by atoms with Crippen LogP contribution in [-0.2, 0) is 5.75 Å². The summed E-state index contributed by atoms with van der Waals surface area (Å²) in [4.78, 5) is 0. The Kier molecular flexibility index (Phi) is 5.95. The predicted octanol–water partition coefficient (Wildman–Crippen LogP) is 5.65. The van der Waals surface area contributed by atoms with Crippen molar-refractivity contribution in [3.05, 3.63) is 83.2 Å². The molecule has 0 unspecified atom stereocenters. The molecule has 0 atom stereocenters. The van der Waals surface area contributed by atoms with Crippen molar-refractivity contribution in [2.24, 2.45) is 0 Å². The molecule has 0 saturated heterocycles. The van der Waals surface area contributed by atoms with Gasteiger partial charge in [-0.15, -0.1) is 20.4 Å². The molecule has 5 rings (SSSR count). The molecule has 0 amide bonds. The van der Waals surface area contributed by atoms with Crippen molar-refractivity contribution in [3.8, 4) is 40.0 Å². The number of phenols is 2. The number of phenolic OH excluding ortho intramolecular Hbond substituents is 2. The van der Waals surface area contributed by atoms with Gasteiger partial charge in [-0.3, -0.25) is 4.57 Å². The second-order valence-electron chi connectivity index (χ2n) is 7.42. The first-order chi connectivity index (χ1) is 16.5. The number of benzene rings is 3. The van der Waals surface area contributed by atoms with Crippen LogP contribution in [0.5, 0.6) is 11.5 Å². The minimum Gasteiger partial charge on any atom is -0.507 e. The Morgan fingerprint density at radius 1 is 0.882 bits per heavy atom. The molecular formula is C24H18ClN5O3S. The molecule has 2 N–H and O–H groups in total. The molecule has 170 valence electrons. The molecule has 34 heavy (non-hydrogen) atoms. The lowest BCUT2D eigenvalue weighted by atomic mass is 10.1. The molecule has 3 aromatic carbocycles. The van der Waals surface area contributed by atoms with Crippen LogP contribution < -0.4 is 0 Å².